The zero-order valence-corrected chi connectivity index (χ0v) is 11.5. The molecule has 0 aliphatic heterocycles. The molecule has 2 aromatic rings. The van der Waals surface area contributed by atoms with E-state index in [1.165, 1.54) is 17.7 Å². The summed E-state index contributed by atoms with van der Waals surface area (Å²) in [6.45, 7) is 2.16. The summed E-state index contributed by atoms with van der Waals surface area (Å²) >= 11 is 7.72. The van der Waals surface area contributed by atoms with E-state index in [0.717, 1.165) is 22.5 Å². The van der Waals surface area contributed by atoms with Crippen molar-refractivity contribution in [2.24, 2.45) is 0 Å². The van der Waals surface area contributed by atoms with Crippen molar-refractivity contribution in [1.29, 1.82) is 0 Å². The first-order valence-electron chi connectivity index (χ1n) is 5.88. The molecule has 0 radical (unpaired) electrons. The van der Waals surface area contributed by atoms with E-state index in [1.807, 2.05) is 0 Å². The maximum absolute atomic E-state index is 6.00. The molecule has 0 saturated heterocycles. The minimum absolute atomic E-state index is 0.351. The molecule has 2 aromatic heterocycles. The van der Waals surface area contributed by atoms with Crippen LogP contribution < -0.4 is 4.90 Å². The van der Waals surface area contributed by atoms with Crippen LogP contribution in [0.15, 0.2) is 6.07 Å². The number of aromatic nitrogens is 2. The SMILES string of the molecule is CCc1cc2c(N(C)C3CC3)nc(Cl)nc2s1. The van der Waals surface area contributed by atoms with Crippen LogP contribution in [0.25, 0.3) is 10.2 Å². The Hall–Kier alpha value is -0.870. The topological polar surface area (TPSA) is 29.0 Å². The molecule has 1 aliphatic rings. The normalized spacial score (nSPS) is 15.5. The molecule has 0 bridgehead atoms. The fraction of sp³-hybridized carbons (Fsp3) is 0.500. The smallest absolute Gasteiger partial charge is 0.225 e. The molecule has 17 heavy (non-hydrogen) atoms. The summed E-state index contributed by atoms with van der Waals surface area (Å²) in [7, 11) is 2.10. The number of anilines is 1. The predicted octanol–water partition coefficient (Wildman–Crippen LogP) is 3.51. The Morgan fingerprint density at radius 2 is 2.24 bits per heavy atom. The second-order valence-corrected chi connectivity index (χ2v) is 5.90. The molecule has 0 aromatic carbocycles. The molecule has 0 spiro atoms. The van der Waals surface area contributed by atoms with E-state index in [2.05, 4.69) is 34.9 Å². The lowest BCUT2D eigenvalue weighted by Gasteiger charge is -2.17. The van der Waals surface area contributed by atoms with Gasteiger partial charge in [-0.05, 0) is 36.9 Å². The Morgan fingerprint density at radius 3 is 2.88 bits per heavy atom. The van der Waals surface area contributed by atoms with Crippen molar-refractivity contribution in [3.8, 4) is 0 Å². The highest BCUT2D eigenvalue weighted by atomic mass is 35.5. The number of halogens is 1. The Morgan fingerprint density at radius 1 is 1.47 bits per heavy atom. The van der Waals surface area contributed by atoms with Crippen molar-refractivity contribution in [3.63, 3.8) is 0 Å². The van der Waals surface area contributed by atoms with Gasteiger partial charge < -0.3 is 4.90 Å². The van der Waals surface area contributed by atoms with Gasteiger partial charge in [-0.3, -0.25) is 0 Å². The number of nitrogens with zero attached hydrogens (tertiary/aromatic N) is 3. The lowest BCUT2D eigenvalue weighted by atomic mass is 10.3. The third kappa shape index (κ3) is 2.00. The van der Waals surface area contributed by atoms with E-state index in [-0.39, 0.29) is 0 Å². The van der Waals surface area contributed by atoms with Crippen LogP contribution in [0.3, 0.4) is 0 Å². The maximum Gasteiger partial charge on any atom is 0.225 e. The molecule has 3 rings (SSSR count). The number of fused-ring (bicyclic) bond motifs is 1. The number of thiophene rings is 1. The van der Waals surface area contributed by atoms with Crippen LogP contribution in [0.4, 0.5) is 5.82 Å². The van der Waals surface area contributed by atoms with Crippen LogP contribution in [0.1, 0.15) is 24.6 Å². The summed E-state index contributed by atoms with van der Waals surface area (Å²) in [5, 5.41) is 1.50. The quantitative estimate of drug-likeness (QED) is 0.797. The maximum atomic E-state index is 6.00. The van der Waals surface area contributed by atoms with E-state index < -0.39 is 0 Å². The van der Waals surface area contributed by atoms with E-state index in [0.29, 0.717) is 11.3 Å². The molecule has 2 heterocycles. The van der Waals surface area contributed by atoms with Crippen molar-refractivity contribution in [3.05, 3.63) is 16.2 Å². The minimum Gasteiger partial charge on any atom is -0.356 e. The van der Waals surface area contributed by atoms with E-state index in [1.54, 1.807) is 11.3 Å². The first kappa shape index (κ1) is 11.2. The van der Waals surface area contributed by atoms with Gasteiger partial charge in [-0.25, -0.2) is 4.98 Å². The number of aryl methyl sites for hydroxylation is 1. The highest BCUT2D eigenvalue weighted by Gasteiger charge is 2.28. The van der Waals surface area contributed by atoms with Crippen LogP contribution in [0, 0.1) is 0 Å². The van der Waals surface area contributed by atoms with Crippen LogP contribution >= 0.6 is 22.9 Å². The molecular weight excluding hydrogens is 254 g/mol. The third-order valence-corrected chi connectivity index (χ3v) is 4.52. The number of hydrogen-bond acceptors (Lipinski definition) is 4. The molecule has 0 N–H and O–H groups in total. The molecule has 90 valence electrons. The van der Waals surface area contributed by atoms with Gasteiger partial charge in [-0.1, -0.05) is 6.92 Å². The van der Waals surface area contributed by atoms with Crippen LogP contribution in [-0.4, -0.2) is 23.1 Å². The van der Waals surface area contributed by atoms with Gasteiger partial charge >= 0.3 is 0 Å². The lowest BCUT2D eigenvalue weighted by Crippen LogP contribution is -2.21. The highest BCUT2D eigenvalue weighted by Crippen LogP contribution is 2.36. The second-order valence-electron chi connectivity index (χ2n) is 4.44. The van der Waals surface area contributed by atoms with Crippen LogP contribution in [0.2, 0.25) is 5.28 Å². The molecule has 5 heteroatoms. The second kappa shape index (κ2) is 4.10. The summed E-state index contributed by atoms with van der Waals surface area (Å²) in [6, 6.07) is 2.83. The summed E-state index contributed by atoms with van der Waals surface area (Å²) in [4.78, 5) is 13.3. The molecule has 0 unspecified atom stereocenters. The lowest BCUT2D eigenvalue weighted by molar-refractivity contribution is 0.895. The Balaban J connectivity index is 2.16. The molecule has 3 nitrogen and oxygen atoms in total. The molecule has 1 aliphatic carbocycles. The summed E-state index contributed by atoms with van der Waals surface area (Å²) in [5.41, 5.74) is 0. The molecule has 1 fully saturated rings. The molecular formula is C12H14ClN3S. The summed E-state index contributed by atoms with van der Waals surface area (Å²) in [6.07, 6.45) is 3.54. The molecule has 0 amide bonds. The van der Waals surface area contributed by atoms with E-state index >= 15 is 0 Å². The standard InChI is InChI=1S/C12H14ClN3S/c1-3-8-6-9-10(16(2)7-4-5-7)14-12(13)15-11(9)17-8/h6-7H,3-5H2,1-2H3. The van der Waals surface area contributed by atoms with Gasteiger partial charge in [0.1, 0.15) is 10.6 Å². The zero-order valence-electron chi connectivity index (χ0n) is 9.90. The minimum atomic E-state index is 0.351. The zero-order chi connectivity index (χ0) is 12.0. The van der Waals surface area contributed by atoms with Crippen molar-refractivity contribution >= 4 is 39.0 Å². The van der Waals surface area contributed by atoms with Crippen molar-refractivity contribution in [2.75, 3.05) is 11.9 Å². The van der Waals surface area contributed by atoms with Gasteiger partial charge in [0, 0.05) is 18.0 Å². The van der Waals surface area contributed by atoms with Gasteiger partial charge in [0.15, 0.2) is 0 Å². The van der Waals surface area contributed by atoms with Gasteiger partial charge in [0.25, 0.3) is 0 Å². The largest absolute Gasteiger partial charge is 0.356 e. The van der Waals surface area contributed by atoms with Gasteiger partial charge in [0.05, 0.1) is 5.39 Å². The Labute approximate surface area is 109 Å². The van der Waals surface area contributed by atoms with Crippen molar-refractivity contribution in [1.82, 2.24) is 9.97 Å². The number of rotatable bonds is 3. The fourth-order valence-electron chi connectivity index (χ4n) is 2.01. The average Bonchev–Trinajstić information content (AvgIpc) is 3.07. The Bertz CT molecular complexity index is 562. The highest BCUT2D eigenvalue weighted by molar-refractivity contribution is 7.18. The Kier molecular flexibility index (Phi) is 2.71. The van der Waals surface area contributed by atoms with Gasteiger partial charge in [0.2, 0.25) is 5.28 Å². The predicted molar refractivity (Wildman–Crippen MR) is 73.2 cm³/mol. The van der Waals surface area contributed by atoms with Gasteiger partial charge in [-0.2, -0.15) is 4.98 Å². The van der Waals surface area contributed by atoms with Gasteiger partial charge in [-0.15, -0.1) is 11.3 Å². The fourth-order valence-corrected chi connectivity index (χ4v) is 3.19. The van der Waals surface area contributed by atoms with Crippen LogP contribution in [0.5, 0.6) is 0 Å². The number of hydrogen-bond donors (Lipinski definition) is 0. The first-order chi connectivity index (χ1) is 8.19. The summed E-state index contributed by atoms with van der Waals surface area (Å²) < 4.78 is 0. The third-order valence-electron chi connectivity index (χ3n) is 3.17. The first-order valence-corrected chi connectivity index (χ1v) is 7.07. The van der Waals surface area contributed by atoms with E-state index in [9.17, 15) is 0 Å². The van der Waals surface area contributed by atoms with Crippen LogP contribution in [-0.2, 0) is 6.42 Å². The molecule has 0 atom stereocenters. The average molecular weight is 268 g/mol. The van der Waals surface area contributed by atoms with E-state index in [4.69, 9.17) is 11.6 Å². The molecule has 1 saturated carbocycles. The van der Waals surface area contributed by atoms with Crippen molar-refractivity contribution < 1.29 is 0 Å². The monoisotopic (exact) mass is 267 g/mol. The summed E-state index contributed by atoms with van der Waals surface area (Å²) in [5.74, 6) is 0.985. The van der Waals surface area contributed by atoms with Crippen molar-refractivity contribution in [2.45, 2.75) is 32.2 Å².